The Balaban J connectivity index is 2.26. The second kappa shape index (κ2) is 5.46. The van der Waals surface area contributed by atoms with E-state index in [-0.39, 0.29) is 11.8 Å². The van der Waals surface area contributed by atoms with Crippen LogP contribution in [0.5, 0.6) is 0 Å². The number of pyridine rings is 1. The first kappa shape index (κ1) is 13.6. The van der Waals surface area contributed by atoms with Crippen molar-refractivity contribution in [1.29, 1.82) is 0 Å². The molecule has 1 saturated heterocycles. The van der Waals surface area contributed by atoms with Crippen LogP contribution in [0.2, 0.25) is 0 Å². The van der Waals surface area contributed by atoms with Crippen LogP contribution >= 0.6 is 15.9 Å². The molecule has 0 bridgehead atoms. The average molecular weight is 325 g/mol. The third-order valence-corrected chi connectivity index (χ3v) is 3.97. The van der Waals surface area contributed by atoms with Crippen LogP contribution < -0.4 is 10.6 Å². The third kappa shape index (κ3) is 2.64. The van der Waals surface area contributed by atoms with E-state index >= 15 is 0 Å². The molecule has 2 heterocycles. The molecule has 0 aromatic carbocycles. The molecular weight excluding hydrogens is 312 g/mol. The lowest BCUT2D eigenvalue weighted by molar-refractivity contribution is -0.117. The number of carbonyl (C=O) groups excluding carboxylic acids is 1. The second-order valence-electron chi connectivity index (χ2n) is 4.46. The summed E-state index contributed by atoms with van der Waals surface area (Å²) < 4.78 is 0.811. The number of nitrogens with zero attached hydrogens (tertiary/aromatic N) is 5. The number of carbonyl (C=O) groups is 1. The molecule has 1 aromatic heterocycles. The molecule has 0 saturated carbocycles. The van der Waals surface area contributed by atoms with E-state index < -0.39 is 0 Å². The molecule has 1 aliphatic rings. The van der Waals surface area contributed by atoms with Crippen molar-refractivity contribution >= 4 is 33.3 Å². The molecule has 0 radical (unpaired) electrons. The number of amides is 1. The molecule has 2 N–H and O–H groups in total. The van der Waals surface area contributed by atoms with Gasteiger partial charge in [0, 0.05) is 35.1 Å². The minimum absolute atomic E-state index is 0.0218. The molecule has 7 nitrogen and oxygen atoms in total. The zero-order chi connectivity index (χ0) is 14.0. The van der Waals surface area contributed by atoms with Gasteiger partial charge in [0.25, 0.3) is 0 Å². The smallest absolute Gasteiger partial charge is 0.228 e. The van der Waals surface area contributed by atoms with Crippen molar-refractivity contribution in [3.63, 3.8) is 0 Å². The van der Waals surface area contributed by atoms with Crippen molar-refractivity contribution in [3.05, 3.63) is 26.7 Å². The zero-order valence-electron chi connectivity index (χ0n) is 10.4. The van der Waals surface area contributed by atoms with E-state index in [0.29, 0.717) is 31.0 Å². The van der Waals surface area contributed by atoms with Crippen molar-refractivity contribution in [2.24, 2.45) is 11.0 Å². The van der Waals surface area contributed by atoms with Crippen LogP contribution in [0.3, 0.4) is 0 Å². The first-order valence-electron chi connectivity index (χ1n) is 5.76. The first-order chi connectivity index (χ1) is 9.04. The van der Waals surface area contributed by atoms with Crippen molar-refractivity contribution in [2.75, 3.05) is 23.7 Å². The fourth-order valence-corrected chi connectivity index (χ4v) is 2.37. The van der Waals surface area contributed by atoms with Gasteiger partial charge in [-0.05, 0) is 39.9 Å². The maximum Gasteiger partial charge on any atom is 0.228 e. The van der Waals surface area contributed by atoms with Gasteiger partial charge >= 0.3 is 0 Å². The number of azide groups is 1. The number of anilines is 2. The van der Waals surface area contributed by atoms with Crippen LogP contribution in [0.1, 0.15) is 12.0 Å². The van der Waals surface area contributed by atoms with Crippen LogP contribution in [0.25, 0.3) is 10.4 Å². The Morgan fingerprint density at radius 2 is 2.47 bits per heavy atom. The Kier molecular flexibility index (Phi) is 3.92. The molecule has 1 aliphatic heterocycles. The average Bonchev–Trinajstić information content (AvgIpc) is 2.75. The van der Waals surface area contributed by atoms with Crippen LogP contribution in [0.15, 0.2) is 15.8 Å². The molecule has 2 rings (SSSR count). The van der Waals surface area contributed by atoms with Gasteiger partial charge < -0.3 is 5.73 Å². The number of rotatable bonds is 3. The molecule has 8 heteroatoms. The number of nitrogen functional groups attached to an aromatic ring is 1. The maximum atomic E-state index is 12.0. The molecule has 0 spiro atoms. The van der Waals surface area contributed by atoms with Crippen LogP contribution in [0.4, 0.5) is 11.5 Å². The zero-order valence-corrected chi connectivity index (χ0v) is 12.0. The molecule has 1 aromatic rings. The number of nitrogens with two attached hydrogens (primary N) is 1. The molecule has 1 atom stereocenters. The van der Waals surface area contributed by atoms with Gasteiger partial charge in [0.2, 0.25) is 5.91 Å². The van der Waals surface area contributed by atoms with Gasteiger partial charge in [-0.15, -0.1) is 0 Å². The van der Waals surface area contributed by atoms with Crippen molar-refractivity contribution in [3.8, 4) is 0 Å². The van der Waals surface area contributed by atoms with Gasteiger partial charge in [-0.2, -0.15) is 0 Å². The van der Waals surface area contributed by atoms with E-state index in [9.17, 15) is 4.79 Å². The molecule has 1 unspecified atom stereocenters. The summed E-state index contributed by atoms with van der Waals surface area (Å²) in [6, 6.07) is 0. The lowest BCUT2D eigenvalue weighted by atomic mass is 10.1. The SMILES string of the molecule is Cc1c(Br)cnc(N2CC(CN=[N+]=[N-])CC2=O)c1N. The lowest BCUT2D eigenvalue weighted by Gasteiger charge is -2.18. The summed E-state index contributed by atoms with van der Waals surface area (Å²) in [5.41, 5.74) is 15.7. The molecule has 19 heavy (non-hydrogen) atoms. The van der Waals surface area contributed by atoms with Gasteiger partial charge in [-0.3, -0.25) is 9.69 Å². The molecule has 0 aliphatic carbocycles. The standard InChI is InChI=1S/C11H13BrN6O/c1-6-8(12)4-15-11(10(6)13)18-5-7(2-9(18)19)3-16-17-14/h4,7H,2-3,5,13H2,1H3. The first-order valence-corrected chi connectivity index (χ1v) is 6.55. The summed E-state index contributed by atoms with van der Waals surface area (Å²) in [5, 5.41) is 3.51. The summed E-state index contributed by atoms with van der Waals surface area (Å²) in [6.45, 7) is 2.66. The van der Waals surface area contributed by atoms with Gasteiger partial charge in [0.1, 0.15) is 0 Å². The van der Waals surface area contributed by atoms with Crippen LogP contribution in [-0.2, 0) is 4.79 Å². The predicted octanol–water partition coefficient (Wildman–Crippen LogP) is 2.40. The van der Waals surface area contributed by atoms with E-state index in [1.54, 1.807) is 11.1 Å². The number of aromatic nitrogens is 1. The summed E-state index contributed by atoms with van der Waals surface area (Å²) in [7, 11) is 0. The van der Waals surface area contributed by atoms with Gasteiger partial charge in [-0.1, -0.05) is 5.11 Å². The Labute approximate surface area is 118 Å². The molecule has 1 amide bonds. The maximum absolute atomic E-state index is 12.0. The van der Waals surface area contributed by atoms with Gasteiger partial charge in [-0.25, -0.2) is 4.98 Å². The molecule has 1 fully saturated rings. The fourth-order valence-electron chi connectivity index (χ4n) is 2.06. The normalized spacial score (nSPS) is 18.5. The van der Waals surface area contributed by atoms with E-state index in [1.807, 2.05) is 6.92 Å². The molecular formula is C11H13BrN6O. The number of halogens is 1. The summed E-state index contributed by atoms with van der Waals surface area (Å²) in [6.07, 6.45) is 1.99. The van der Waals surface area contributed by atoms with Crippen molar-refractivity contribution in [2.45, 2.75) is 13.3 Å². The lowest BCUT2D eigenvalue weighted by Crippen LogP contribution is -2.27. The highest BCUT2D eigenvalue weighted by Crippen LogP contribution is 2.32. The van der Waals surface area contributed by atoms with E-state index in [2.05, 4.69) is 30.9 Å². The van der Waals surface area contributed by atoms with E-state index in [0.717, 1.165) is 10.0 Å². The largest absolute Gasteiger partial charge is 0.395 e. The predicted molar refractivity (Wildman–Crippen MR) is 75.6 cm³/mol. The van der Waals surface area contributed by atoms with E-state index in [4.69, 9.17) is 11.3 Å². The number of hydrogen-bond donors (Lipinski definition) is 1. The van der Waals surface area contributed by atoms with Gasteiger partial charge in [0.05, 0.1) is 5.69 Å². The Morgan fingerprint density at radius 1 is 1.74 bits per heavy atom. The highest BCUT2D eigenvalue weighted by molar-refractivity contribution is 9.10. The molecule has 100 valence electrons. The highest BCUT2D eigenvalue weighted by Gasteiger charge is 2.32. The monoisotopic (exact) mass is 324 g/mol. The Hall–Kier alpha value is -1.79. The summed E-state index contributed by atoms with van der Waals surface area (Å²) >= 11 is 3.35. The second-order valence-corrected chi connectivity index (χ2v) is 5.31. The van der Waals surface area contributed by atoms with E-state index in [1.165, 1.54) is 0 Å². The highest BCUT2D eigenvalue weighted by atomic mass is 79.9. The third-order valence-electron chi connectivity index (χ3n) is 3.17. The van der Waals surface area contributed by atoms with Crippen molar-refractivity contribution < 1.29 is 4.79 Å². The van der Waals surface area contributed by atoms with Crippen LogP contribution in [0, 0.1) is 12.8 Å². The van der Waals surface area contributed by atoms with Gasteiger partial charge in [0.15, 0.2) is 5.82 Å². The number of hydrogen-bond acceptors (Lipinski definition) is 4. The summed E-state index contributed by atoms with van der Waals surface area (Å²) in [5.74, 6) is 0.460. The summed E-state index contributed by atoms with van der Waals surface area (Å²) in [4.78, 5) is 20.5. The topological polar surface area (TPSA) is 108 Å². The fraction of sp³-hybridized carbons (Fsp3) is 0.455. The minimum Gasteiger partial charge on any atom is -0.395 e. The quantitative estimate of drug-likeness (QED) is 0.523. The Morgan fingerprint density at radius 3 is 3.16 bits per heavy atom. The van der Waals surface area contributed by atoms with Crippen LogP contribution in [-0.4, -0.2) is 24.0 Å². The Bertz CT molecular complexity index is 569. The minimum atomic E-state index is -0.0425. The van der Waals surface area contributed by atoms with Crippen molar-refractivity contribution in [1.82, 2.24) is 4.98 Å².